The predicted octanol–water partition coefficient (Wildman–Crippen LogP) is 7.35. The Labute approximate surface area is 176 Å². The van der Waals surface area contributed by atoms with Gasteiger partial charge in [0, 0.05) is 5.69 Å². The Morgan fingerprint density at radius 2 is 1.37 bits per heavy atom. The van der Waals surface area contributed by atoms with E-state index in [2.05, 4.69) is 5.32 Å². The molecular formula is C22H29F3NO3P. The largest absolute Gasteiger partial charge is 0.416 e. The van der Waals surface area contributed by atoms with Gasteiger partial charge in [-0.25, -0.2) is 0 Å². The highest BCUT2D eigenvalue weighted by molar-refractivity contribution is 7.54. The number of hydrogen-bond acceptors (Lipinski definition) is 4. The van der Waals surface area contributed by atoms with Gasteiger partial charge >= 0.3 is 13.8 Å². The minimum atomic E-state index is -4.62. The zero-order valence-electron chi connectivity index (χ0n) is 17.6. The van der Waals surface area contributed by atoms with Crippen molar-refractivity contribution in [1.29, 1.82) is 0 Å². The quantitative estimate of drug-likeness (QED) is 0.390. The van der Waals surface area contributed by atoms with Crippen LogP contribution in [0.5, 0.6) is 0 Å². The topological polar surface area (TPSA) is 47.6 Å². The zero-order chi connectivity index (χ0) is 22.4. The van der Waals surface area contributed by atoms with Gasteiger partial charge < -0.3 is 14.4 Å². The lowest BCUT2D eigenvalue weighted by Gasteiger charge is -2.31. The van der Waals surface area contributed by atoms with Crippen molar-refractivity contribution in [1.82, 2.24) is 0 Å². The van der Waals surface area contributed by atoms with Crippen molar-refractivity contribution in [3.05, 3.63) is 65.7 Å². The molecule has 0 aromatic heterocycles. The van der Waals surface area contributed by atoms with Crippen LogP contribution in [0.2, 0.25) is 0 Å². The fourth-order valence-corrected chi connectivity index (χ4v) is 4.96. The third-order valence-electron chi connectivity index (χ3n) is 4.13. The third kappa shape index (κ3) is 6.86. The minimum Gasteiger partial charge on any atom is -0.368 e. The lowest BCUT2D eigenvalue weighted by molar-refractivity contribution is -0.138. The van der Waals surface area contributed by atoms with E-state index >= 15 is 0 Å². The van der Waals surface area contributed by atoms with Gasteiger partial charge in [-0.2, -0.15) is 13.2 Å². The van der Waals surface area contributed by atoms with E-state index in [1.807, 2.05) is 27.7 Å². The summed E-state index contributed by atoms with van der Waals surface area (Å²) in [4.78, 5) is 0. The Balaban J connectivity index is 2.59. The van der Waals surface area contributed by atoms with E-state index in [0.717, 1.165) is 6.07 Å². The van der Waals surface area contributed by atoms with E-state index in [-0.39, 0.29) is 30.6 Å². The Hall–Kier alpha value is -1.82. The highest BCUT2D eigenvalue weighted by Crippen LogP contribution is 2.62. The molecule has 0 saturated carbocycles. The van der Waals surface area contributed by atoms with Crippen molar-refractivity contribution in [2.75, 3.05) is 18.5 Å². The molecule has 4 nitrogen and oxygen atoms in total. The summed E-state index contributed by atoms with van der Waals surface area (Å²) in [5, 5.41) is 2.98. The summed E-state index contributed by atoms with van der Waals surface area (Å²) in [6.07, 6.45) is -4.62. The van der Waals surface area contributed by atoms with Crippen molar-refractivity contribution < 1.29 is 26.8 Å². The summed E-state index contributed by atoms with van der Waals surface area (Å²) < 4.78 is 66.6. The number of nitrogens with one attached hydrogen (secondary N) is 1. The van der Waals surface area contributed by atoms with Crippen LogP contribution >= 0.6 is 7.60 Å². The molecular weight excluding hydrogens is 414 g/mol. The van der Waals surface area contributed by atoms with Gasteiger partial charge in [-0.15, -0.1) is 0 Å². The maximum absolute atomic E-state index is 13.9. The number of rotatable bonds is 10. The summed E-state index contributed by atoms with van der Waals surface area (Å²) in [6, 6.07) is 13.7. The Morgan fingerprint density at radius 3 is 1.87 bits per heavy atom. The summed E-state index contributed by atoms with van der Waals surface area (Å²) in [5.41, 5.74) is -0.536. The summed E-state index contributed by atoms with van der Waals surface area (Å²) >= 11 is 0. The lowest BCUT2D eigenvalue weighted by atomic mass is 10.1. The number of benzene rings is 2. The molecule has 2 aromatic carbocycles. The molecule has 8 heteroatoms. The molecule has 166 valence electrons. The van der Waals surface area contributed by atoms with Crippen LogP contribution in [0.15, 0.2) is 54.6 Å². The molecule has 0 spiro atoms. The van der Waals surface area contributed by atoms with Crippen LogP contribution in [0.1, 0.15) is 44.6 Å². The number of hydrogen-bond donors (Lipinski definition) is 1. The van der Waals surface area contributed by atoms with Crippen LogP contribution < -0.4 is 5.32 Å². The lowest BCUT2D eigenvalue weighted by Crippen LogP contribution is -2.21. The number of anilines is 1. The number of alkyl halides is 3. The fraction of sp³-hybridized carbons (Fsp3) is 0.455. The van der Waals surface area contributed by atoms with E-state index in [4.69, 9.17) is 9.05 Å². The van der Waals surface area contributed by atoms with Crippen molar-refractivity contribution in [3.8, 4) is 0 Å². The van der Waals surface area contributed by atoms with Crippen LogP contribution in [0.4, 0.5) is 18.9 Å². The Kier molecular flexibility index (Phi) is 8.53. The first-order chi connectivity index (χ1) is 14.0. The van der Waals surface area contributed by atoms with E-state index < -0.39 is 25.1 Å². The average Bonchev–Trinajstić information content (AvgIpc) is 2.69. The fourth-order valence-electron chi connectivity index (χ4n) is 2.71. The molecule has 1 atom stereocenters. The second-order valence-electron chi connectivity index (χ2n) is 7.92. The third-order valence-corrected chi connectivity index (χ3v) is 6.19. The van der Waals surface area contributed by atoms with Crippen LogP contribution in [-0.4, -0.2) is 13.2 Å². The second kappa shape index (κ2) is 10.5. The highest BCUT2D eigenvalue weighted by atomic mass is 31.2. The molecule has 0 aliphatic carbocycles. The average molecular weight is 443 g/mol. The van der Waals surface area contributed by atoms with E-state index in [0.29, 0.717) is 5.69 Å². The molecule has 0 bridgehead atoms. The SMILES string of the molecule is CC(C)COP(=O)(OCC(C)C)[C@@H](Nc1ccccc1)c1ccccc1C(F)(F)F. The molecule has 0 amide bonds. The normalized spacial score (nSPS) is 13.6. The first-order valence-electron chi connectivity index (χ1n) is 9.89. The number of halogens is 3. The van der Waals surface area contributed by atoms with E-state index in [9.17, 15) is 17.7 Å². The molecule has 0 radical (unpaired) electrons. The monoisotopic (exact) mass is 443 g/mol. The molecule has 0 aliphatic heterocycles. The van der Waals surface area contributed by atoms with Gasteiger partial charge in [-0.1, -0.05) is 64.1 Å². The van der Waals surface area contributed by atoms with Crippen LogP contribution in [0.3, 0.4) is 0 Å². The predicted molar refractivity (Wildman–Crippen MR) is 113 cm³/mol. The molecule has 0 fully saturated rings. The maximum atomic E-state index is 13.9. The molecule has 2 aromatic rings. The van der Waals surface area contributed by atoms with Crippen molar-refractivity contribution in [3.63, 3.8) is 0 Å². The highest BCUT2D eigenvalue weighted by Gasteiger charge is 2.43. The van der Waals surface area contributed by atoms with Crippen molar-refractivity contribution >= 4 is 13.3 Å². The van der Waals surface area contributed by atoms with Gasteiger partial charge in [-0.3, -0.25) is 4.57 Å². The van der Waals surface area contributed by atoms with Crippen molar-refractivity contribution in [2.45, 2.75) is 39.7 Å². The van der Waals surface area contributed by atoms with Gasteiger partial charge in [0.25, 0.3) is 0 Å². The first kappa shape index (κ1) is 24.4. The van der Waals surface area contributed by atoms with Crippen LogP contribution in [0.25, 0.3) is 0 Å². The summed E-state index contributed by atoms with van der Waals surface area (Å²) in [5.74, 6) is -1.28. The maximum Gasteiger partial charge on any atom is 0.416 e. The molecule has 0 saturated heterocycles. The van der Waals surface area contributed by atoms with E-state index in [1.54, 1.807) is 30.3 Å². The van der Waals surface area contributed by atoms with Gasteiger partial charge in [0.1, 0.15) is 0 Å². The standard InChI is InChI=1S/C22H29F3NO3P/c1-16(2)14-28-30(27,29-15-17(3)4)21(26-18-10-6-5-7-11-18)19-12-8-9-13-20(19)22(23,24)25/h5-13,16-17,21,26H,14-15H2,1-4H3/t21-/m1/s1. The second-order valence-corrected chi connectivity index (χ2v) is 10.0. The molecule has 0 heterocycles. The van der Waals surface area contributed by atoms with Crippen molar-refractivity contribution in [2.24, 2.45) is 11.8 Å². The summed E-state index contributed by atoms with van der Waals surface area (Å²) in [6.45, 7) is 7.67. The minimum absolute atomic E-state index is 0.0243. The van der Waals surface area contributed by atoms with Gasteiger partial charge in [0.15, 0.2) is 5.78 Å². The van der Waals surface area contributed by atoms with Gasteiger partial charge in [-0.05, 0) is 35.6 Å². The molecule has 1 N–H and O–H groups in total. The Morgan fingerprint density at radius 1 is 0.867 bits per heavy atom. The molecule has 2 rings (SSSR count). The van der Waals surface area contributed by atoms with Gasteiger partial charge in [0.05, 0.1) is 18.8 Å². The number of para-hydroxylation sites is 1. The van der Waals surface area contributed by atoms with Crippen LogP contribution in [-0.2, 0) is 19.8 Å². The van der Waals surface area contributed by atoms with Gasteiger partial charge in [0.2, 0.25) is 0 Å². The molecule has 0 aliphatic rings. The molecule has 0 unspecified atom stereocenters. The smallest absolute Gasteiger partial charge is 0.368 e. The van der Waals surface area contributed by atoms with E-state index in [1.165, 1.54) is 18.2 Å². The first-order valence-corrected chi connectivity index (χ1v) is 11.5. The van der Waals surface area contributed by atoms with Crippen LogP contribution in [0, 0.1) is 11.8 Å². The Bertz CT molecular complexity index is 825. The zero-order valence-corrected chi connectivity index (χ0v) is 18.5. The molecule has 30 heavy (non-hydrogen) atoms. The summed E-state index contributed by atoms with van der Waals surface area (Å²) in [7, 11) is -4.03.